The van der Waals surface area contributed by atoms with Crippen LogP contribution in [0, 0.1) is 11.7 Å². The Morgan fingerprint density at radius 1 is 1.13 bits per heavy atom. The van der Waals surface area contributed by atoms with E-state index >= 15 is 0 Å². The smallest absolute Gasteiger partial charge is 0.330 e. The lowest BCUT2D eigenvalue weighted by Gasteiger charge is -2.43. The molecule has 4 rings (SSSR count). The first-order chi connectivity index (χ1) is 21.1. The molecular weight excluding hydrogens is 587 g/mol. The van der Waals surface area contributed by atoms with Gasteiger partial charge in [-0.25, -0.2) is 9.29 Å². The van der Waals surface area contributed by atoms with Gasteiger partial charge in [0.1, 0.15) is 17.6 Å². The minimum Gasteiger partial charge on any atom is -0.476 e. The topological polar surface area (TPSA) is 87.2 Å². The number of likely N-dealkylation sites (N-methyl/N-ethyl adjacent to an activating group) is 1. The van der Waals surface area contributed by atoms with Crippen LogP contribution in [0.5, 0.6) is 0 Å². The summed E-state index contributed by atoms with van der Waals surface area (Å²) in [4.78, 5) is 56.6. The van der Waals surface area contributed by atoms with Crippen molar-refractivity contribution in [2.75, 3.05) is 20.3 Å². The third kappa shape index (κ3) is 6.54. The highest BCUT2D eigenvalue weighted by molar-refractivity contribution is 6.05. The predicted molar refractivity (Wildman–Crippen MR) is 161 cm³/mol. The number of nitrogens with zero attached hydrogens (tertiary/aromatic N) is 3. The molecule has 242 valence electrons. The molecule has 2 unspecified atom stereocenters. The molecule has 0 aliphatic carbocycles. The summed E-state index contributed by atoms with van der Waals surface area (Å²) in [5.41, 5.74) is 0.438. The molecule has 0 radical (unpaired) electrons. The van der Waals surface area contributed by atoms with E-state index in [1.54, 1.807) is 18.2 Å². The van der Waals surface area contributed by atoms with Gasteiger partial charge in [0.15, 0.2) is 6.73 Å². The van der Waals surface area contributed by atoms with Crippen molar-refractivity contribution in [1.29, 1.82) is 0 Å². The van der Waals surface area contributed by atoms with Crippen molar-refractivity contribution in [3.05, 3.63) is 82.9 Å². The van der Waals surface area contributed by atoms with E-state index < -0.39 is 52.9 Å². The largest absolute Gasteiger partial charge is 0.476 e. The van der Waals surface area contributed by atoms with Crippen molar-refractivity contribution < 1.29 is 37.1 Å². The summed E-state index contributed by atoms with van der Waals surface area (Å²) in [5, 5.41) is 0. The van der Waals surface area contributed by atoms with Crippen LogP contribution >= 0.6 is 0 Å². The number of likely N-dealkylation sites (tertiary alicyclic amines) is 1. The molecule has 2 heterocycles. The first-order valence-electron chi connectivity index (χ1n) is 15.1. The van der Waals surface area contributed by atoms with Gasteiger partial charge in [0, 0.05) is 30.5 Å². The second kappa shape index (κ2) is 13.2. The predicted octanol–water partition coefficient (Wildman–Crippen LogP) is 5.45. The van der Waals surface area contributed by atoms with E-state index in [-0.39, 0.29) is 44.4 Å². The van der Waals surface area contributed by atoms with E-state index in [0.29, 0.717) is 22.4 Å². The van der Waals surface area contributed by atoms with Crippen molar-refractivity contribution >= 4 is 23.5 Å². The van der Waals surface area contributed by atoms with Crippen LogP contribution in [0.25, 0.3) is 0 Å². The van der Waals surface area contributed by atoms with Crippen LogP contribution in [0.4, 0.5) is 13.2 Å². The Hall–Kier alpha value is -3.99. The van der Waals surface area contributed by atoms with Gasteiger partial charge in [-0.05, 0) is 80.7 Å². The summed E-state index contributed by atoms with van der Waals surface area (Å²) in [6, 6.07) is 7.50. The number of rotatable bonds is 13. The second-order valence-corrected chi connectivity index (χ2v) is 12.2. The Balaban J connectivity index is 1.41. The molecule has 2 aliphatic heterocycles. The van der Waals surface area contributed by atoms with Crippen molar-refractivity contribution in [3.63, 3.8) is 0 Å². The molecule has 0 spiro atoms. The number of hydrogen-bond donors (Lipinski definition) is 0. The zero-order valence-electron chi connectivity index (χ0n) is 26.4. The Morgan fingerprint density at radius 2 is 1.80 bits per heavy atom. The number of halogens is 3. The van der Waals surface area contributed by atoms with Gasteiger partial charge in [0.2, 0.25) is 11.7 Å². The first-order valence-corrected chi connectivity index (χ1v) is 15.1. The molecule has 1 saturated heterocycles. The third-order valence-corrected chi connectivity index (χ3v) is 9.38. The van der Waals surface area contributed by atoms with Gasteiger partial charge >= 0.3 is 5.92 Å². The fraction of sp³-hybridized carbons (Fsp3) is 0.471. The number of amides is 3. The van der Waals surface area contributed by atoms with Crippen LogP contribution in [0.2, 0.25) is 0 Å². The normalized spacial score (nSPS) is 18.4. The molecule has 2 aromatic carbocycles. The van der Waals surface area contributed by atoms with E-state index in [1.165, 1.54) is 4.90 Å². The average molecular weight is 628 g/mol. The SMILES string of the molecule is C=C(OCN1C(=O)CCC(N2Cc3cc(CCC(=O)C(F)(F)c4ccc(F)cc4)ccc3C2=O)C1=O)C(C)(C(C)C)N(C)CC. The number of aryl methyl sites for hydroxylation is 1. The number of benzene rings is 2. The summed E-state index contributed by atoms with van der Waals surface area (Å²) < 4.78 is 48.4. The van der Waals surface area contributed by atoms with Crippen LogP contribution in [-0.2, 0) is 38.0 Å². The van der Waals surface area contributed by atoms with Crippen LogP contribution in [0.15, 0.2) is 54.8 Å². The van der Waals surface area contributed by atoms with E-state index in [4.69, 9.17) is 4.74 Å². The fourth-order valence-electron chi connectivity index (χ4n) is 5.88. The average Bonchev–Trinajstić information content (AvgIpc) is 3.33. The second-order valence-electron chi connectivity index (χ2n) is 12.2. The van der Waals surface area contributed by atoms with Crippen molar-refractivity contribution in [2.24, 2.45) is 5.92 Å². The van der Waals surface area contributed by atoms with Crippen LogP contribution in [0.1, 0.15) is 74.0 Å². The number of piperidine rings is 1. The number of ketones is 1. The molecule has 0 bridgehead atoms. The highest BCUT2D eigenvalue weighted by Gasteiger charge is 2.44. The molecule has 2 atom stereocenters. The van der Waals surface area contributed by atoms with Crippen LogP contribution < -0.4 is 0 Å². The third-order valence-electron chi connectivity index (χ3n) is 9.38. The highest BCUT2D eigenvalue weighted by atomic mass is 19.3. The molecule has 0 N–H and O–H groups in total. The lowest BCUT2D eigenvalue weighted by molar-refractivity contribution is -0.158. The zero-order chi connectivity index (χ0) is 33.3. The number of Topliss-reactive ketones (excluding diaryl/α,β-unsaturated/α-hetero) is 1. The molecule has 45 heavy (non-hydrogen) atoms. The maximum absolute atomic E-state index is 14.7. The van der Waals surface area contributed by atoms with Gasteiger partial charge < -0.3 is 9.64 Å². The molecule has 8 nitrogen and oxygen atoms in total. The number of carbonyl (C=O) groups is 4. The van der Waals surface area contributed by atoms with Gasteiger partial charge in [0.25, 0.3) is 11.8 Å². The van der Waals surface area contributed by atoms with Crippen LogP contribution in [0.3, 0.4) is 0 Å². The maximum atomic E-state index is 14.7. The number of imide groups is 1. The zero-order valence-corrected chi connectivity index (χ0v) is 26.4. The van der Waals surface area contributed by atoms with E-state index in [1.807, 2.05) is 34.7 Å². The number of alkyl halides is 2. The Labute approximate surface area is 261 Å². The van der Waals surface area contributed by atoms with Gasteiger partial charge in [0.05, 0.1) is 5.54 Å². The molecule has 3 amide bonds. The summed E-state index contributed by atoms with van der Waals surface area (Å²) >= 11 is 0. The van der Waals surface area contributed by atoms with Crippen molar-refractivity contribution in [1.82, 2.24) is 14.7 Å². The standard InChI is InChI=1S/C34H40F3N3O5/c1-7-38(6)33(5,21(2)3)22(4)45-20-40-30(42)17-15-28(32(40)44)39-19-24-18-23(8-14-27(24)31(39)43)9-16-29(41)34(36,37)25-10-12-26(35)13-11-25/h8,10-14,18,21,28H,4,7,9,15-17,19-20H2,1-3,5-6H3. The molecule has 11 heteroatoms. The minimum absolute atomic E-state index is 0.00543. The van der Waals surface area contributed by atoms with Gasteiger partial charge in [-0.15, -0.1) is 0 Å². The molecule has 2 aliphatic rings. The van der Waals surface area contributed by atoms with E-state index in [0.717, 1.165) is 35.7 Å². The number of hydrogen-bond acceptors (Lipinski definition) is 6. The Bertz CT molecular complexity index is 1490. The molecule has 0 aromatic heterocycles. The van der Waals surface area contributed by atoms with Gasteiger partial charge in [-0.3, -0.25) is 24.1 Å². The lowest BCUT2D eigenvalue weighted by atomic mass is 9.85. The number of carbonyl (C=O) groups excluding carboxylic acids is 4. The summed E-state index contributed by atoms with van der Waals surface area (Å²) in [7, 11) is 1.95. The first kappa shape index (κ1) is 33.9. The lowest BCUT2D eigenvalue weighted by Crippen LogP contribution is -2.56. The Kier molecular flexibility index (Phi) is 9.91. The quantitative estimate of drug-likeness (QED) is 0.217. The fourth-order valence-corrected chi connectivity index (χ4v) is 5.88. The summed E-state index contributed by atoms with van der Waals surface area (Å²) in [6.45, 7) is 12.7. The molecular formula is C34H40F3N3O5. The number of ether oxygens (including phenoxy) is 1. The molecule has 1 fully saturated rings. The van der Waals surface area contributed by atoms with Gasteiger partial charge in [-0.1, -0.05) is 39.5 Å². The summed E-state index contributed by atoms with van der Waals surface area (Å²) in [5.74, 6) is -6.49. The molecule has 0 saturated carbocycles. The van der Waals surface area contributed by atoms with Crippen LogP contribution in [-0.4, -0.2) is 70.1 Å². The van der Waals surface area contributed by atoms with E-state index in [2.05, 4.69) is 11.5 Å². The summed E-state index contributed by atoms with van der Waals surface area (Å²) in [6.07, 6.45) is -0.241. The van der Waals surface area contributed by atoms with E-state index in [9.17, 15) is 32.3 Å². The van der Waals surface area contributed by atoms with Crippen molar-refractivity contribution in [3.8, 4) is 0 Å². The van der Waals surface area contributed by atoms with Gasteiger partial charge in [-0.2, -0.15) is 8.78 Å². The Morgan fingerprint density at radius 3 is 2.42 bits per heavy atom. The monoisotopic (exact) mass is 627 g/mol. The maximum Gasteiger partial charge on any atom is 0.330 e. The van der Waals surface area contributed by atoms with Crippen molar-refractivity contribution in [2.45, 2.75) is 77.4 Å². The highest BCUT2D eigenvalue weighted by Crippen LogP contribution is 2.34. The molecule has 2 aromatic rings. The number of fused-ring (bicyclic) bond motifs is 1. The minimum atomic E-state index is -3.77.